The second-order valence-electron chi connectivity index (χ2n) is 6.30. The summed E-state index contributed by atoms with van der Waals surface area (Å²) in [5, 5.41) is 0. The summed E-state index contributed by atoms with van der Waals surface area (Å²) in [5.41, 5.74) is 0.290. The summed E-state index contributed by atoms with van der Waals surface area (Å²) in [5.74, 6) is -0.206. The SMILES string of the molecule is CCOC(=O)C(C)(C)N1CCN(C(OC=O)c2ccccc2)CC1. The molecule has 1 fully saturated rings. The Labute approximate surface area is 143 Å². The molecule has 1 unspecified atom stereocenters. The lowest BCUT2D eigenvalue weighted by Crippen LogP contribution is -2.58. The number of ether oxygens (including phenoxy) is 2. The number of carbonyl (C=O) groups excluding carboxylic acids is 2. The average Bonchev–Trinajstić information content (AvgIpc) is 2.61. The first-order valence-electron chi connectivity index (χ1n) is 8.31. The molecule has 0 spiro atoms. The van der Waals surface area contributed by atoms with Crippen molar-refractivity contribution in [1.82, 2.24) is 9.80 Å². The minimum absolute atomic E-state index is 0.206. The highest BCUT2D eigenvalue weighted by atomic mass is 16.5. The standard InChI is InChI=1S/C18H26N2O4/c1-4-23-17(22)18(2,3)20-12-10-19(11-13-20)16(24-14-21)15-8-6-5-7-9-15/h5-9,14,16H,4,10-13H2,1-3H3. The van der Waals surface area contributed by atoms with E-state index in [-0.39, 0.29) is 5.97 Å². The van der Waals surface area contributed by atoms with E-state index >= 15 is 0 Å². The van der Waals surface area contributed by atoms with Crippen molar-refractivity contribution in [2.45, 2.75) is 32.5 Å². The fourth-order valence-corrected chi connectivity index (χ4v) is 3.00. The number of benzene rings is 1. The first-order valence-corrected chi connectivity index (χ1v) is 8.31. The van der Waals surface area contributed by atoms with Gasteiger partial charge in [-0.05, 0) is 20.8 Å². The Morgan fingerprint density at radius 2 is 1.83 bits per heavy atom. The van der Waals surface area contributed by atoms with Gasteiger partial charge in [-0.2, -0.15) is 0 Å². The van der Waals surface area contributed by atoms with Gasteiger partial charge in [-0.3, -0.25) is 19.4 Å². The van der Waals surface area contributed by atoms with E-state index in [0.29, 0.717) is 39.3 Å². The van der Waals surface area contributed by atoms with Crippen LogP contribution in [0.5, 0.6) is 0 Å². The molecular weight excluding hydrogens is 308 g/mol. The normalized spacial score (nSPS) is 18.0. The summed E-state index contributed by atoms with van der Waals surface area (Å²) in [6.07, 6.45) is -0.392. The predicted molar refractivity (Wildman–Crippen MR) is 90.2 cm³/mol. The molecule has 0 radical (unpaired) electrons. The highest BCUT2D eigenvalue weighted by Gasteiger charge is 2.39. The van der Waals surface area contributed by atoms with Crippen molar-refractivity contribution in [3.63, 3.8) is 0 Å². The third kappa shape index (κ3) is 4.13. The van der Waals surface area contributed by atoms with Gasteiger partial charge in [0.25, 0.3) is 6.47 Å². The van der Waals surface area contributed by atoms with Crippen LogP contribution in [0.1, 0.15) is 32.6 Å². The van der Waals surface area contributed by atoms with Crippen molar-refractivity contribution >= 4 is 12.4 Å². The molecule has 24 heavy (non-hydrogen) atoms. The molecule has 1 aromatic carbocycles. The van der Waals surface area contributed by atoms with Crippen LogP contribution in [-0.2, 0) is 19.1 Å². The highest BCUT2D eigenvalue weighted by molar-refractivity contribution is 5.79. The summed E-state index contributed by atoms with van der Waals surface area (Å²) in [6, 6.07) is 9.68. The van der Waals surface area contributed by atoms with Gasteiger partial charge in [0.1, 0.15) is 5.54 Å². The zero-order valence-electron chi connectivity index (χ0n) is 14.6. The molecule has 0 bridgehead atoms. The van der Waals surface area contributed by atoms with Crippen molar-refractivity contribution in [3.05, 3.63) is 35.9 Å². The van der Waals surface area contributed by atoms with Crippen molar-refractivity contribution in [2.75, 3.05) is 32.8 Å². The molecule has 0 amide bonds. The Morgan fingerprint density at radius 1 is 1.21 bits per heavy atom. The zero-order valence-corrected chi connectivity index (χ0v) is 14.6. The maximum atomic E-state index is 12.2. The molecule has 6 heteroatoms. The number of esters is 1. The average molecular weight is 334 g/mol. The minimum atomic E-state index is -0.657. The van der Waals surface area contributed by atoms with E-state index in [9.17, 15) is 9.59 Å². The van der Waals surface area contributed by atoms with E-state index in [1.807, 2.05) is 51.1 Å². The van der Waals surface area contributed by atoms with Crippen LogP contribution in [0, 0.1) is 0 Å². The fraction of sp³-hybridized carbons (Fsp3) is 0.556. The largest absolute Gasteiger partial charge is 0.465 e. The number of rotatable bonds is 7. The van der Waals surface area contributed by atoms with Gasteiger partial charge in [-0.15, -0.1) is 0 Å². The maximum Gasteiger partial charge on any atom is 0.325 e. The second-order valence-corrected chi connectivity index (χ2v) is 6.30. The molecule has 0 saturated carbocycles. The Balaban J connectivity index is 2.02. The third-order valence-electron chi connectivity index (χ3n) is 4.48. The van der Waals surface area contributed by atoms with E-state index < -0.39 is 11.8 Å². The third-order valence-corrected chi connectivity index (χ3v) is 4.48. The lowest BCUT2D eigenvalue weighted by Gasteiger charge is -2.43. The lowest BCUT2D eigenvalue weighted by atomic mass is 10.0. The molecular formula is C18H26N2O4. The Hall–Kier alpha value is -1.92. The summed E-state index contributed by atoms with van der Waals surface area (Å²) in [7, 11) is 0. The second kappa shape index (κ2) is 8.26. The van der Waals surface area contributed by atoms with E-state index in [0.717, 1.165) is 5.56 Å². The van der Waals surface area contributed by atoms with Crippen molar-refractivity contribution in [1.29, 1.82) is 0 Å². The summed E-state index contributed by atoms with van der Waals surface area (Å²) in [4.78, 5) is 27.3. The first-order chi connectivity index (χ1) is 11.5. The Bertz CT molecular complexity index is 539. The van der Waals surface area contributed by atoms with Crippen LogP contribution in [0.4, 0.5) is 0 Å². The van der Waals surface area contributed by atoms with Crippen molar-refractivity contribution < 1.29 is 19.1 Å². The Morgan fingerprint density at radius 3 is 2.38 bits per heavy atom. The maximum absolute atomic E-state index is 12.2. The van der Waals surface area contributed by atoms with Gasteiger partial charge in [0.2, 0.25) is 0 Å². The first kappa shape index (κ1) is 18.4. The number of carbonyl (C=O) groups is 2. The van der Waals surface area contributed by atoms with Crippen molar-refractivity contribution in [3.8, 4) is 0 Å². The molecule has 1 atom stereocenters. The van der Waals surface area contributed by atoms with Crippen LogP contribution in [0.3, 0.4) is 0 Å². The summed E-state index contributed by atoms with van der Waals surface area (Å²) >= 11 is 0. The van der Waals surface area contributed by atoms with Crippen molar-refractivity contribution in [2.24, 2.45) is 0 Å². The van der Waals surface area contributed by atoms with Crippen LogP contribution >= 0.6 is 0 Å². The summed E-state index contributed by atoms with van der Waals surface area (Å²) < 4.78 is 10.5. The van der Waals surface area contributed by atoms with Crippen LogP contribution in [0.15, 0.2) is 30.3 Å². The molecule has 0 aliphatic carbocycles. The van der Waals surface area contributed by atoms with Crippen LogP contribution in [0.2, 0.25) is 0 Å². The van der Waals surface area contributed by atoms with Gasteiger partial charge in [0.15, 0.2) is 6.23 Å². The van der Waals surface area contributed by atoms with E-state index in [1.165, 1.54) is 0 Å². The van der Waals surface area contributed by atoms with Crippen LogP contribution in [0.25, 0.3) is 0 Å². The molecule has 1 aromatic rings. The molecule has 1 saturated heterocycles. The number of nitrogens with zero attached hydrogens (tertiary/aromatic N) is 2. The molecule has 132 valence electrons. The zero-order chi connectivity index (χ0) is 17.6. The topological polar surface area (TPSA) is 59.1 Å². The summed E-state index contributed by atoms with van der Waals surface area (Å²) in [6.45, 7) is 9.28. The van der Waals surface area contributed by atoms with Gasteiger partial charge in [0, 0.05) is 31.7 Å². The molecule has 0 N–H and O–H groups in total. The van der Waals surface area contributed by atoms with E-state index in [4.69, 9.17) is 9.47 Å². The molecule has 0 aromatic heterocycles. The monoisotopic (exact) mass is 334 g/mol. The van der Waals surface area contributed by atoms with Crippen LogP contribution in [-0.4, -0.2) is 60.6 Å². The number of hydrogen-bond donors (Lipinski definition) is 0. The fourth-order valence-electron chi connectivity index (χ4n) is 3.00. The van der Waals surface area contributed by atoms with Gasteiger partial charge in [0.05, 0.1) is 6.61 Å². The molecule has 1 aliphatic heterocycles. The van der Waals surface area contributed by atoms with E-state index in [2.05, 4.69) is 9.80 Å². The van der Waals surface area contributed by atoms with Gasteiger partial charge < -0.3 is 9.47 Å². The highest BCUT2D eigenvalue weighted by Crippen LogP contribution is 2.25. The lowest BCUT2D eigenvalue weighted by molar-refractivity contribution is -0.159. The predicted octanol–water partition coefficient (Wildman–Crippen LogP) is 1.82. The smallest absolute Gasteiger partial charge is 0.325 e. The Kier molecular flexibility index (Phi) is 6.34. The van der Waals surface area contributed by atoms with Gasteiger partial charge >= 0.3 is 5.97 Å². The quantitative estimate of drug-likeness (QED) is 0.560. The molecule has 1 aliphatic rings. The molecule has 6 nitrogen and oxygen atoms in total. The van der Waals surface area contributed by atoms with E-state index in [1.54, 1.807) is 0 Å². The number of hydrogen-bond acceptors (Lipinski definition) is 6. The van der Waals surface area contributed by atoms with Crippen LogP contribution < -0.4 is 0 Å². The van der Waals surface area contributed by atoms with Gasteiger partial charge in [-0.25, -0.2) is 0 Å². The minimum Gasteiger partial charge on any atom is -0.465 e. The number of piperazine rings is 1. The molecule has 1 heterocycles. The van der Waals surface area contributed by atoms with Gasteiger partial charge in [-0.1, -0.05) is 30.3 Å². The molecule has 2 rings (SSSR count).